The van der Waals surface area contributed by atoms with Gasteiger partial charge in [0.25, 0.3) is 0 Å². The quantitative estimate of drug-likeness (QED) is 0.359. The molecule has 3 aliphatic rings. The third kappa shape index (κ3) is 8.35. The van der Waals surface area contributed by atoms with Crippen LogP contribution in [0.2, 0.25) is 0 Å². The first-order chi connectivity index (χ1) is 19.7. The van der Waals surface area contributed by atoms with Crippen LogP contribution >= 0.6 is 11.8 Å². The van der Waals surface area contributed by atoms with Crippen molar-refractivity contribution in [2.24, 2.45) is 5.92 Å². The summed E-state index contributed by atoms with van der Waals surface area (Å²) in [5, 5.41) is 22.5. The molecule has 2 amide bonds. The number of carboxylic acid groups (broad SMARTS) is 1. The van der Waals surface area contributed by atoms with Gasteiger partial charge in [0.1, 0.15) is 17.4 Å². The number of aliphatic carboxylic acids is 1. The first kappa shape index (κ1) is 31.6. The number of carbonyl (C=O) groups is 3. The van der Waals surface area contributed by atoms with Crippen molar-refractivity contribution in [1.82, 2.24) is 15.1 Å². The van der Waals surface area contributed by atoms with E-state index in [-0.39, 0.29) is 29.8 Å². The molecule has 3 N–H and O–H groups in total. The fourth-order valence-electron chi connectivity index (χ4n) is 6.60. The molecule has 1 saturated carbocycles. The predicted octanol–water partition coefficient (Wildman–Crippen LogP) is 3.31. The van der Waals surface area contributed by atoms with Crippen LogP contribution < -0.4 is 10.2 Å². The third-order valence-corrected chi connectivity index (χ3v) is 9.97. The number of benzene rings is 1. The minimum atomic E-state index is -1.13. The molecule has 41 heavy (non-hydrogen) atoms. The van der Waals surface area contributed by atoms with E-state index in [2.05, 4.69) is 15.1 Å². The number of likely N-dealkylation sites (tertiary alicyclic amines) is 1. The Hall–Kier alpha value is -2.37. The van der Waals surface area contributed by atoms with Crippen molar-refractivity contribution < 1.29 is 29.0 Å². The van der Waals surface area contributed by atoms with Crippen LogP contribution in [0.15, 0.2) is 24.3 Å². The first-order valence-electron chi connectivity index (χ1n) is 15.0. The molecule has 2 saturated heterocycles. The molecule has 1 aromatic carbocycles. The van der Waals surface area contributed by atoms with E-state index in [1.165, 1.54) is 75.8 Å². The zero-order chi connectivity index (χ0) is 29.4. The number of carbonyl (C=O) groups excluding carboxylic acids is 2. The van der Waals surface area contributed by atoms with Crippen molar-refractivity contribution in [3.8, 4) is 0 Å². The lowest BCUT2D eigenvalue weighted by Crippen LogP contribution is -2.57. The maximum Gasteiger partial charge on any atom is 0.327 e. The van der Waals surface area contributed by atoms with Gasteiger partial charge >= 0.3 is 5.97 Å². The summed E-state index contributed by atoms with van der Waals surface area (Å²) in [5.41, 5.74) is 0.0567. The van der Waals surface area contributed by atoms with Crippen LogP contribution in [-0.2, 0) is 14.4 Å². The molecular formula is C30H45FN4O5S. The van der Waals surface area contributed by atoms with E-state index in [9.17, 15) is 29.0 Å². The second-order valence-electron chi connectivity index (χ2n) is 11.9. The Morgan fingerprint density at radius 2 is 1.71 bits per heavy atom. The standard InChI is InChI=1S/C30H45FN4O5S/c1-22(36)32-27(28(38)39)20-41-19-26(37)18-34-21-35(25-11-9-24(31)10-12-25)30(29(34)40)13-15-33(16-14-30)17-23-7-5-3-2-4-6-8-23/h9-12,23,26-27,37H,2-8,13-21H2,1H3,(H,32,36)(H,38,39)/t26-,27?/m1/s1. The summed E-state index contributed by atoms with van der Waals surface area (Å²) in [6.07, 6.45) is 9.67. The molecule has 1 aromatic rings. The molecule has 0 radical (unpaired) electrons. The van der Waals surface area contributed by atoms with Crippen molar-refractivity contribution in [1.29, 1.82) is 0 Å². The zero-order valence-corrected chi connectivity index (χ0v) is 24.9. The predicted molar refractivity (Wildman–Crippen MR) is 158 cm³/mol. The summed E-state index contributed by atoms with van der Waals surface area (Å²) in [7, 11) is 0. The van der Waals surface area contributed by atoms with E-state index in [0.29, 0.717) is 25.4 Å². The molecule has 2 aliphatic heterocycles. The van der Waals surface area contributed by atoms with Gasteiger partial charge in [-0.3, -0.25) is 9.59 Å². The number of halogens is 1. The Balaban J connectivity index is 1.39. The van der Waals surface area contributed by atoms with Gasteiger partial charge in [0.2, 0.25) is 11.8 Å². The number of hydrogen-bond donors (Lipinski definition) is 3. The second kappa shape index (κ2) is 14.7. The zero-order valence-electron chi connectivity index (χ0n) is 24.1. The number of nitrogens with zero attached hydrogens (tertiary/aromatic N) is 3. The van der Waals surface area contributed by atoms with E-state index >= 15 is 0 Å². The SMILES string of the molecule is CC(=O)NC(CSC[C@H](O)CN1CN(c2ccc(F)cc2)C2(CCN(CC3CCCCCCC3)CC2)C1=O)C(=O)O. The number of aliphatic hydroxyl groups excluding tert-OH is 1. The number of hydrogen-bond acceptors (Lipinski definition) is 7. The van der Waals surface area contributed by atoms with Crippen molar-refractivity contribution >= 4 is 35.2 Å². The van der Waals surface area contributed by atoms with Crippen LogP contribution in [0.3, 0.4) is 0 Å². The van der Waals surface area contributed by atoms with Gasteiger partial charge < -0.3 is 30.2 Å². The summed E-state index contributed by atoms with van der Waals surface area (Å²) in [6, 6.07) is 5.23. The number of amides is 2. The van der Waals surface area contributed by atoms with Crippen LogP contribution in [0.1, 0.15) is 64.7 Å². The molecule has 1 spiro atoms. The average Bonchev–Trinajstić information content (AvgIpc) is 3.17. The highest BCUT2D eigenvalue weighted by atomic mass is 32.2. The van der Waals surface area contributed by atoms with E-state index < -0.39 is 29.6 Å². The number of nitrogens with one attached hydrogen (secondary N) is 1. The number of rotatable bonds is 11. The fraction of sp³-hybridized carbons (Fsp3) is 0.700. The minimum absolute atomic E-state index is 0.0156. The summed E-state index contributed by atoms with van der Waals surface area (Å²) < 4.78 is 13.8. The number of β-amino-alcohol motifs (C(OH)–C–C–N with tert-alkyl or cyclic N) is 1. The van der Waals surface area contributed by atoms with Gasteiger partial charge in [0.15, 0.2) is 0 Å². The highest BCUT2D eigenvalue weighted by Crippen LogP contribution is 2.40. The third-order valence-electron chi connectivity index (χ3n) is 8.78. The van der Waals surface area contributed by atoms with Gasteiger partial charge in [-0.25, -0.2) is 9.18 Å². The maximum absolute atomic E-state index is 14.0. The molecule has 228 valence electrons. The molecule has 2 atom stereocenters. The van der Waals surface area contributed by atoms with Crippen LogP contribution in [0.5, 0.6) is 0 Å². The maximum atomic E-state index is 14.0. The average molecular weight is 593 g/mol. The Bertz CT molecular complexity index is 1030. The van der Waals surface area contributed by atoms with Gasteiger partial charge in [0, 0.05) is 50.3 Å². The molecule has 0 aromatic heterocycles. The monoisotopic (exact) mass is 592 g/mol. The molecule has 11 heteroatoms. The normalized spacial score (nSPS) is 21.9. The van der Waals surface area contributed by atoms with Gasteiger partial charge in [0.05, 0.1) is 12.8 Å². The van der Waals surface area contributed by atoms with E-state index in [4.69, 9.17) is 0 Å². The molecular weight excluding hydrogens is 547 g/mol. The van der Waals surface area contributed by atoms with Crippen LogP contribution in [0, 0.1) is 11.7 Å². The first-order valence-corrected chi connectivity index (χ1v) is 16.1. The summed E-state index contributed by atoms with van der Waals surface area (Å²) in [4.78, 5) is 42.9. The van der Waals surface area contributed by atoms with Gasteiger partial charge in [-0.15, -0.1) is 0 Å². The largest absolute Gasteiger partial charge is 0.480 e. The van der Waals surface area contributed by atoms with Crippen molar-refractivity contribution in [3.05, 3.63) is 30.1 Å². The van der Waals surface area contributed by atoms with Gasteiger partial charge in [-0.05, 0) is 55.9 Å². The Labute approximate surface area is 246 Å². The Morgan fingerprint density at radius 1 is 1.07 bits per heavy atom. The number of thioether (sulfide) groups is 1. The van der Waals surface area contributed by atoms with Gasteiger partial charge in [-0.2, -0.15) is 11.8 Å². The Kier molecular flexibility index (Phi) is 11.3. The number of aliphatic hydroxyl groups is 1. The minimum Gasteiger partial charge on any atom is -0.480 e. The molecule has 2 heterocycles. The van der Waals surface area contributed by atoms with E-state index in [0.717, 1.165) is 25.3 Å². The van der Waals surface area contributed by atoms with Crippen molar-refractivity contribution in [2.45, 2.75) is 82.4 Å². The molecule has 4 rings (SSSR count). The Morgan fingerprint density at radius 3 is 2.32 bits per heavy atom. The highest BCUT2D eigenvalue weighted by molar-refractivity contribution is 7.99. The topological polar surface area (TPSA) is 113 Å². The molecule has 1 unspecified atom stereocenters. The number of carboxylic acids is 1. The lowest BCUT2D eigenvalue weighted by atomic mass is 9.84. The lowest BCUT2D eigenvalue weighted by Gasteiger charge is -2.44. The second-order valence-corrected chi connectivity index (χ2v) is 13.0. The molecule has 1 aliphatic carbocycles. The number of piperidine rings is 1. The molecule has 9 nitrogen and oxygen atoms in total. The fourth-order valence-corrected chi connectivity index (χ4v) is 7.57. The van der Waals surface area contributed by atoms with E-state index in [1.54, 1.807) is 17.0 Å². The lowest BCUT2D eigenvalue weighted by molar-refractivity contribution is -0.140. The van der Waals surface area contributed by atoms with Crippen molar-refractivity contribution in [3.63, 3.8) is 0 Å². The smallest absolute Gasteiger partial charge is 0.327 e. The highest BCUT2D eigenvalue weighted by Gasteiger charge is 2.54. The summed E-state index contributed by atoms with van der Waals surface area (Å²) >= 11 is 1.22. The molecule has 0 bridgehead atoms. The van der Waals surface area contributed by atoms with E-state index in [1.807, 2.05) is 0 Å². The van der Waals surface area contributed by atoms with Crippen LogP contribution in [0.25, 0.3) is 0 Å². The summed E-state index contributed by atoms with van der Waals surface area (Å²) in [6.45, 7) is 4.42. The van der Waals surface area contributed by atoms with Crippen LogP contribution in [-0.4, -0.2) is 99.8 Å². The van der Waals surface area contributed by atoms with Crippen LogP contribution in [0.4, 0.5) is 10.1 Å². The van der Waals surface area contributed by atoms with Crippen molar-refractivity contribution in [2.75, 3.05) is 49.3 Å². The van der Waals surface area contributed by atoms with Gasteiger partial charge in [-0.1, -0.05) is 32.1 Å². The summed E-state index contributed by atoms with van der Waals surface area (Å²) in [5.74, 6) is -0.845. The molecule has 3 fully saturated rings. The number of anilines is 1.